The van der Waals surface area contributed by atoms with Gasteiger partial charge in [0.15, 0.2) is 0 Å². The van der Waals surface area contributed by atoms with Gasteiger partial charge in [0.05, 0.1) is 29.5 Å². The van der Waals surface area contributed by atoms with Crippen molar-refractivity contribution < 1.29 is 4.74 Å². The smallest absolute Gasteiger partial charge is 0.0991 e. The predicted octanol–water partition coefficient (Wildman–Crippen LogP) is 11.8. The second-order valence-electron chi connectivity index (χ2n) is 13.5. The molecule has 1 aliphatic heterocycles. The topological polar surface area (TPSA) is 83.8 Å². The molecule has 2 aromatic carbocycles. The van der Waals surface area contributed by atoms with Crippen LogP contribution in [0.3, 0.4) is 0 Å². The Balaban J connectivity index is 0.000000347. The molecule has 0 aromatic heterocycles. The van der Waals surface area contributed by atoms with Crippen LogP contribution >= 0.6 is 11.8 Å². The highest BCUT2D eigenvalue weighted by molar-refractivity contribution is 7.99. The Bertz CT molecular complexity index is 1560. The van der Waals surface area contributed by atoms with E-state index in [9.17, 15) is 0 Å². The van der Waals surface area contributed by atoms with Gasteiger partial charge in [-0.05, 0) is 107 Å². The second kappa shape index (κ2) is 22.9. The first-order chi connectivity index (χ1) is 24.0. The van der Waals surface area contributed by atoms with Gasteiger partial charge in [0.2, 0.25) is 0 Å². The summed E-state index contributed by atoms with van der Waals surface area (Å²) in [5.41, 5.74) is 16.8. The Kier molecular flexibility index (Phi) is 19.5. The van der Waals surface area contributed by atoms with Crippen LogP contribution in [0.4, 0.5) is 0 Å². The number of hydrogen-bond donors (Lipinski definition) is 1. The molecule has 1 fully saturated rings. The van der Waals surface area contributed by atoms with Crippen molar-refractivity contribution >= 4 is 35.5 Å². The molecule has 2 aromatic rings. The maximum absolute atomic E-state index is 9.05. The highest BCUT2D eigenvalue weighted by Crippen LogP contribution is 2.33. The number of rotatable bonds is 15. The van der Waals surface area contributed by atoms with Crippen LogP contribution in [0.2, 0.25) is 0 Å². The summed E-state index contributed by atoms with van der Waals surface area (Å²) < 4.78 is 5.93. The molecule has 0 radical (unpaired) electrons. The van der Waals surface area contributed by atoms with E-state index >= 15 is 0 Å². The molecule has 1 saturated heterocycles. The third-order valence-electron chi connectivity index (χ3n) is 9.06. The molecule has 0 spiro atoms. The molecule has 0 saturated carbocycles. The number of hydrogen-bond acceptors (Lipinski definition) is 6. The Morgan fingerprint density at radius 3 is 2.20 bits per heavy atom. The van der Waals surface area contributed by atoms with Crippen LogP contribution < -0.4 is 5.73 Å². The van der Waals surface area contributed by atoms with E-state index in [2.05, 4.69) is 109 Å². The summed E-state index contributed by atoms with van der Waals surface area (Å²) in [6, 6.07) is 20.4. The Labute approximate surface area is 308 Å². The molecule has 2 N–H and O–H groups in total. The Morgan fingerprint density at radius 2 is 1.66 bits per heavy atom. The first kappa shape index (κ1) is 42.5. The third kappa shape index (κ3) is 13.9. The van der Waals surface area contributed by atoms with Crippen LogP contribution in [0.1, 0.15) is 118 Å². The molecular weight excluding hydrogens is 633 g/mol. The fourth-order valence-electron chi connectivity index (χ4n) is 5.39. The molecule has 0 amide bonds. The molecule has 0 bridgehead atoms. The van der Waals surface area contributed by atoms with Crippen molar-refractivity contribution in [2.45, 2.75) is 114 Å². The second-order valence-corrected chi connectivity index (χ2v) is 14.6. The van der Waals surface area contributed by atoms with E-state index < -0.39 is 0 Å². The summed E-state index contributed by atoms with van der Waals surface area (Å²) in [6.45, 7) is 21.3. The third-order valence-corrected chi connectivity index (χ3v) is 10.3. The number of ether oxygens (including phenoxy) is 1. The van der Waals surface area contributed by atoms with Gasteiger partial charge in [0, 0.05) is 46.5 Å². The molecule has 270 valence electrons. The lowest BCUT2D eigenvalue weighted by molar-refractivity contribution is 0.0700. The van der Waals surface area contributed by atoms with E-state index in [-0.39, 0.29) is 0 Å². The van der Waals surface area contributed by atoms with Crippen molar-refractivity contribution in [2.75, 3.05) is 11.5 Å². The average molecular weight is 695 g/mol. The first-order valence-corrected chi connectivity index (χ1v) is 19.5. The zero-order chi connectivity index (χ0) is 37.1. The van der Waals surface area contributed by atoms with Crippen molar-refractivity contribution in [1.82, 2.24) is 0 Å². The highest BCUT2D eigenvalue weighted by Gasteiger charge is 2.21. The van der Waals surface area contributed by atoms with Gasteiger partial charge in [-0.25, -0.2) is 0 Å². The van der Waals surface area contributed by atoms with Crippen molar-refractivity contribution in [3.05, 3.63) is 105 Å². The maximum Gasteiger partial charge on any atom is 0.0991 e. The minimum absolute atomic E-state index is 0.428. The summed E-state index contributed by atoms with van der Waals surface area (Å²) in [6.07, 6.45) is 12.3. The summed E-state index contributed by atoms with van der Waals surface area (Å²) >= 11 is 1.97. The molecular formula is C44H62N4OS. The average Bonchev–Trinajstić information content (AvgIpc) is 3.54. The van der Waals surface area contributed by atoms with Crippen molar-refractivity contribution in [3.8, 4) is 6.07 Å². The number of nitriles is 1. The van der Waals surface area contributed by atoms with Crippen molar-refractivity contribution in [3.63, 3.8) is 0 Å². The summed E-state index contributed by atoms with van der Waals surface area (Å²) in [4.78, 5) is 9.39. The Morgan fingerprint density at radius 1 is 0.980 bits per heavy atom. The Hall–Kier alpha value is -3.66. The van der Waals surface area contributed by atoms with E-state index in [1.165, 1.54) is 24.0 Å². The molecule has 6 heteroatoms. The van der Waals surface area contributed by atoms with Gasteiger partial charge in [-0.15, -0.1) is 0 Å². The summed E-state index contributed by atoms with van der Waals surface area (Å²) in [5, 5.41) is 9.05. The van der Waals surface area contributed by atoms with Gasteiger partial charge in [0.1, 0.15) is 0 Å². The van der Waals surface area contributed by atoms with Gasteiger partial charge < -0.3 is 10.5 Å². The predicted molar refractivity (Wildman–Crippen MR) is 221 cm³/mol. The van der Waals surface area contributed by atoms with Crippen molar-refractivity contribution in [1.29, 1.82) is 5.26 Å². The van der Waals surface area contributed by atoms with Crippen LogP contribution in [0.5, 0.6) is 0 Å². The molecule has 3 unspecified atom stereocenters. The lowest BCUT2D eigenvalue weighted by atomic mass is 9.90. The van der Waals surface area contributed by atoms with E-state index in [0.717, 1.165) is 70.1 Å². The van der Waals surface area contributed by atoms with Crippen LogP contribution in [0, 0.1) is 23.2 Å². The summed E-state index contributed by atoms with van der Waals surface area (Å²) in [5.74, 6) is 3.17. The molecule has 0 aliphatic carbocycles. The standard InChI is InChI=1S/C22H29N3.C22H33NOS/c1-6-9-10-20(19-13-11-18(15-23)12-14-19)21(17(5)25-8-3)22(24)16(4)7-2;1-16(2)17(3)13-23-22(20-9-7-6-8-10-20)18(4)14-25-15-21-12-11-19(5)24-21/h8,10-14H,6-7,9,24H2,1-5H3;6-10,13,16-17,19,21H,11-12,14-15H2,1-5H3/b20-10-,21-17-,22-16-,25-8?;22-18+,23-13?. The normalized spacial score (nSPS) is 18.7. The number of allylic oxidation sites excluding steroid dienone is 4. The monoisotopic (exact) mass is 694 g/mol. The fourth-order valence-corrected chi connectivity index (χ4v) is 6.45. The number of aliphatic imine (C=N–C) groups is 2. The largest absolute Gasteiger partial charge is 0.398 e. The fraction of sp³-hybridized carbons (Fsp3) is 0.477. The first-order valence-electron chi connectivity index (χ1n) is 18.4. The van der Waals surface area contributed by atoms with E-state index in [0.29, 0.717) is 29.6 Å². The van der Waals surface area contributed by atoms with Crippen molar-refractivity contribution in [2.24, 2.45) is 27.6 Å². The molecule has 1 aliphatic rings. The molecule has 3 rings (SSSR count). The van der Waals surface area contributed by atoms with Gasteiger partial charge in [-0.2, -0.15) is 17.0 Å². The van der Waals surface area contributed by atoms with Crippen LogP contribution in [0.25, 0.3) is 11.3 Å². The van der Waals surface area contributed by atoms with E-state index in [1.54, 1.807) is 6.21 Å². The van der Waals surface area contributed by atoms with Crippen LogP contribution in [-0.2, 0) is 4.74 Å². The number of nitrogens with two attached hydrogens (primary N) is 1. The van der Waals surface area contributed by atoms with Gasteiger partial charge in [-0.1, -0.05) is 89.6 Å². The number of thioether (sulfide) groups is 1. The lowest BCUT2D eigenvalue weighted by Crippen LogP contribution is -2.11. The number of nitrogens with zero attached hydrogens (tertiary/aromatic N) is 3. The minimum atomic E-state index is 0.428. The maximum atomic E-state index is 9.05. The zero-order valence-corrected chi connectivity index (χ0v) is 33.2. The van der Waals surface area contributed by atoms with Crippen LogP contribution in [-0.4, -0.2) is 36.1 Å². The van der Waals surface area contributed by atoms with Gasteiger partial charge in [-0.3, -0.25) is 9.98 Å². The summed E-state index contributed by atoms with van der Waals surface area (Å²) in [7, 11) is 0. The van der Waals surface area contributed by atoms with Crippen LogP contribution in [0.15, 0.2) is 98.8 Å². The van der Waals surface area contributed by atoms with Gasteiger partial charge in [0.25, 0.3) is 0 Å². The molecule has 1 heterocycles. The van der Waals surface area contributed by atoms with E-state index in [4.69, 9.17) is 20.7 Å². The number of unbranched alkanes of at least 4 members (excludes halogenated alkanes) is 1. The molecule has 5 nitrogen and oxygen atoms in total. The zero-order valence-electron chi connectivity index (χ0n) is 32.4. The highest BCUT2D eigenvalue weighted by atomic mass is 32.2. The lowest BCUT2D eigenvalue weighted by Gasteiger charge is -2.18. The van der Waals surface area contributed by atoms with Gasteiger partial charge >= 0.3 is 0 Å². The quantitative estimate of drug-likeness (QED) is 0.149. The molecule has 3 atom stereocenters. The number of benzene rings is 2. The molecule has 50 heavy (non-hydrogen) atoms. The minimum Gasteiger partial charge on any atom is -0.398 e. The SMILES string of the molecule is C/C(CSCC1CCC(C)O1)=C(\N=CC(C)C(C)C)c1ccccc1.CC=N/C(C)=C(C(=C\CCC)/c1ccc(C#N)cc1)\C(N)=C(/C)CC. The van der Waals surface area contributed by atoms with E-state index in [1.807, 2.05) is 49.9 Å².